The summed E-state index contributed by atoms with van der Waals surface area (Å²) in [5.41, 5.74) is 4.63. The predicted octanol–water partition coefficient (Wildman–Crippen LogP) is 4.22. The zero-order chi connectivity index (χ0) is 23.4. The first kappa shape index (κ1) is 23.1. The van der Waals surface area contributed by atoms with Crippen LogP contribution >= 0.6 is 0 Å². The molecular weight excluding hydrogens is 417 g/mol. The van der Waals surface area contributed by atoms with Crippen molar-refractivity contribution in [3.63, 3.8) is 0 Å². The van der Waals surface area contributed by atoms with Crippen molar-refractivity contribution in [3.8, 4) is 0 Å². The lowest BCUT2D eigenvalue weighted by Crippen LogP contribution is -2.52. The standard InChI is InChI=1S/C25H23F3N2O2/c1-24(18-11-4-2-5-12-18,19-13-6-3-7-14-19)23(32)30-21(22(29)31)16-17-10-8-9-15-20(17)25(26,27)28/h2-15,21H,16H2,1H3,(H2,29,31)(H,30,32)/t21-/m0/s1. The summed E-state index contributed by atoms with van der Waals surface area (Å²) in [5.74, 6) is -1.46. The van der Waals surface area contributed by atoms with Gasteiger partial charge in [-0.2, -0.15) is 13.2 Å². The van der Waals surface area contributed by atoms with E-state index in [1.54, 1.807) is 55.5 Å². The van der Waals surface area contributed by atoms with Crippen molar-refractivity contribution < 1.29 is 22.8 Å². The van der Waals surface area contributed by atoms with E-state index in [-0.39, 0.29) is 12.0 Å². The number of halogens is 3. The van der Waals surface area contributed by atoms with Gasteiger partial charge in [0.05, 0.1) is 11.0 Å². The van der Waals surface area contributed by atoms with Crippen molar-refractivity contribution in [2.24, 2.45) is 5.73 Å². The van der Waals surface area contributed by atoms with Gasteiger partial charge in [-0.15, -0.1) is 0 Å². The molecular formula is C25H23F3N2O2. The number of rotatable bonds is 7. The zero-order valence-corrected chi connectivity index (χ0v) is 17.4. The summed E-state index contributed by atoms with van der Waals surface area (Å²) >= 11 is 0. The van der Waals surface area contributed by atoms with Gasteiger partial charge in [-0.05, 0) is 29.7 Å². The van der Waals surface area contributed by atoms with Crippen LogP contribution < -0.4 is 11.1 Å². The SMILES string of the molecule is CC(C(=O)N[C@@H](Cc1ccccc1C(F)(F)F)C(N)=O)(c1ccccc1)c1ccccc1. The molecule has 0 unspecified atom stereocenters. The van der Waals surface area contributed by atoms with Gasteiger partial charge in [-0.1, -0.05) is 78.9 Å². The monoisotopic (exact) mass is 440 g/mol. The van der Waals surface area contributed by atoms with E-state index in [9.17, 15) is 22.8 Å². The summed E-state index contributed by atoms with van der Waals surface area (Å²) in [5, 5.41) is 2.60. The van der Waals surface area contributed by atoms with E-state index in [1.807, 2.05) is 12.1 Å². The molecule has 2 amide bonds. The van der Waals surface area contributed by atoms with E-state index in [4.69, 9.17) is 5.73 Å². The van der Waals surface area contributed by atoms with Crippen molar-refractivity contribution in [1.82, 2.24) is 5.32 Å². The number of primary amides is 1. The first-order valence-electron chi connectivity index (χ1n) is 10.0. The van der Waals surface area contributed by atoms with Crippen molar-refractivity contribution in [2.45, 2.75) is 31.0 Å². The third kappa shape index (κ3) is 4.82. The summed E-state index contributed by atoms with van der Waals surface area (Å²) in [6.45, 7) is 1.70. The highest BCUT2D eigenvalue weighted by Crippen LogP contribution is 2.34. The molecule has 0 spiro atoms. The summed E-state index contributed by atoms with van der Waals surface area (Å²) in [4.78, 5) is 25.6. The number of nitrogens with one attached hydrogen (secondary N) is 1. The lowest BCUT2D eigenvalue weighted by atomic mass is 9.75. The molecule has 1 atom stereocenters. The Hall–Kier alpha value is -3.61. The molecule has 0 aliphatic rings. The number of carbonyl (C=O) groups is 2. The van der Waals surface area contributed by atoms with Gasteiger partial charge >= 0.3 is 6.18 Å². The second-order valence-corrected chi connectivity index (χ2v) is 7.64. The molecule has 0 bridgehead atoms. The molecule has 0 aromatic heterocycles. The Labute approximate surface area is 184 Å². The maximum Gasteiger partial charge on any atom is 0.416 e. The molecule has 0 radical (unpaired) electrons. The quantitative estimate of drug-likeness (QED) is 0.577. The highest BCUT2D eigenvalue weighted by Gasteiger charge is 2.39. The number of carbonyl (C=O) groups excluding carboxylic acids is 2. The molecule has 0 saturated carbocycles. The molecule has 0 saturated heterocycles. The molecule has 0 aliphatic heterocycles. The van der Waals surface area contributed by atoms with Crippen LogP contribution in [0.1, 0.15) is 29.2 Å². The van der Waals surface area contributed by atoms with Crippen LogP contribution in [0.3, 0.4) is 0 Å². The van der Waals surface area contributed by atoms with Crippen molar-refractivity contribution in [3.05, 3.63) is 107 Å². The van der Waals surface area contributed by atoms with Gasteiger partial charge in [0, 0.05) is 6.42 Å². The summed E-state index contributed by atoms with van der Waals surface area (Å²) < 4.78 is 40.2. The topological polar surface area (TPSA) is 72.2 Å². The highest BCUT2D eigenvalue weighted by molar-refractivity contribution is 5.95. The average molecular weight is 440 g/mol. The minimum absolute atomic E-state index is 0.120. The van der Waals surface area contributed by atoms with E-state index in [0.29, 0.717) is 11.1 Å². The third-order valence-corrected chi connectivity index (χ3v) is 5.55. The van der Waals surface area contributed by atoms with Gasteiger partial charge in [0.2, 0.25) is 11.8 Å². The molecule has 0 aliphatic carbocycles. The Kier molecular flexibility index (Phi) is 6.67. The van der Waals surface area contributed by atoms with E-state index in [1.165, 1.54) is 18.2 Å². The number of hydrogen-bond donors (Lipinski definition) is 2. The number of amides is 2. The number of benzene rings is 3. The second kappa shape index (κ2) is 9.26. The van der Waals surface area contributed by atoms with Gasteiger partial charge in [0.1, 0.15) is 6.04 Å². The molecule has 3 N–H and O–H groups in total. The van der Waals surface area contributed by atoms with Crippen LogP contribution in [0.25, 0.3) is 0 Å². The Morgan fingerprint density at radius 2 is 1.31 bits per heavy atom. The van der Waals surface area contributed by atoms with Crippen LogP contribution in [0.4, 0.5) is 13.2 Å². The minimum Gasteiger partial charge on any atom is -0.368 e. The van der Waals surface area contributed by atoms with Crippen LogP contribution in [-0.2, 0) is 27.6 Å². The summed E-state index contributed by atoms with van der Waals surface area (Å²) in [7, 11) is 0. The van der Waals surface area contributed by atoms with Crippen molar-refractivity contribution >= 4 is 11.8 Å². The van der Waals surface area contributed by atoms with Gasteiger partial charge in [0.15, 0.2) is 0 Å². The number of hydrogen-bond acceptors (Lipinski definition) is 2. The molecule has 32 heavy (non-hydrogen) atoms. The fraction of sp³-hybridized carbons (Fsp3) is 0.200. The van der Waals surface area contributed by atoms with E-state index >= 15 is 0 Å². The fourth-order valence-electron chi connectivity index (χ4n) is 3.69. The third-order valence-electron chi connectivity index (χ3n) is 5.55. The lowest BCUT2D eigenvalue weighted by molar-refractivity contribution is -0.138. The molecule has 3 aromatic rings. The smallest absolute Gasteiger partial charge is 0.368 e. The van der Waals surface area contributed by atoms with Crippen LogP contribution in [0, 0.1) is 0 Å². The van der Waals surface area contributed by atoms with Gasteiger partial charge in [-0.25, -0.2) is 0 Å². The molecule has 166 valence electrons. The van der Waals surface area contributed by atoms with Crippen LogP contribution in [0.15, 0.2) is 84.9 Å². The molecule has 7 heteroatoms. The van der Waals surface area contributed by atoms with Crippen LogP contribution in [0.2, 0.25) is 0 Å². The maximum absolute atomic E-state index is 13.5. The molecule has 3 rings (SSSR count). The van der Waals surface area contributed by atoms with Gasteiger partial charge in [0.25, 0.3) is 0 Å². The highest BCUT2D eigenvalue weighted by atomic mass is 19.4. The second-order valence-electron chi connectivity index (χ2n) is 7.64. The van der Waals surface area contributed by atoms with E-state index < -0.39 is 35.0 Å². The first-order valence-corrected chi connectivity index (χ1v) is 10.0. The number of nitrogens with two attached hydrogens (primary N) is 1. The number of alkyl halides is 3. The molecule has 0 fully saturated rings. The van der Waals surface area contributed by atoms with Crippen molar-refractivity contribution in [1.29, 1.82) is 0 Å². The molecule has 0 heterocycles. The van der Waals surface area contributed by atoms with Crippen LogP contribution in [-0.4, -0.2) is 17.9 Å². The maximum atomic E-state index is 13.5. The Morgan fingerprint density at radius 3 is 1.78 bits per heavy atom. The minimum atomic E-state index is -4.59. The predicted molar refractivity (Wildman–Crippen MR) is 116 cm³/mol. The summed E-state index contributed by atoms with van der Waals surface area (Å²) in [6.07, 6.45) is -4.97. The van der Waals surface area contributed by atoms with E-state index in [0.717, 1.165) is 6.07 Å². The zero-order valence-electron chi connectivity index (χ0n) is 17.4. The van der Waals surface area contributed by atoms with Gasteiger partial charge in [-0.3, -0.25) is 9.59 Å². The largest absolute Gasteiger partial charge is 0.416 e. The normalized spacial score (nSPS) is 12.8. The lowest BCUT2D eigenvalue weighted by Gasteiger charge is -2.31. The molecule has 3 aromatic carbocycles. The Balaban J connectivity index is 1.97. The Morgan fingerprint density at radius 1 is 0.844 bits per heavy atom. The molecule has 4 nitrogen and oxygen atoms in total. The summed E-state index contributed by atoms with van der Waals surface area (Å²) in [6, 6.07) is 21.5. The van der Waals surface area contributed by atoms with Crippen LogP contribution in [0.5, 0.6) is 0 Å². The fourth-order valence-corrected chi connectivity index (χ4v) is 3.69. The average Bonchev–Trinajstić information content (AvgIpc) is 2.78. The van der Waals surface area contributed by atoms with Crippen molar-refractivity contribution in [2.75, 3.05) is 0 Å². The van der Waals surface area contributed by atoms with E-state index in [2.05, 4.69) is 5.32 Å². The Bertz CT molecular complexity index is 1040. The first-order chi connectivity index (χ1) is 15.1. The van der Waals surface area contributed by atoms with Gasteiger partial charge < -0.3 is 11.1 Å².